The number of nitrogens with zero attached hydrogens (tertiary/aromatic N) is 2. The minimum Gasteiger partial charge on any atom is -0.337 e. The van der Waals surface area contributed by atoms with Crippen LogP contribution in [0.3, 0.4) is 0 Å². The summed E-state index contributed by atoms with van der Waals surface area (Å²) in [5, 5.41) is 0.887. The SMILES string of the molecule is CCSc1cc(C(=O)N(C)Cc2ccccc2Br)ccn1. The van der Waals surface area contributed by atoms with Crippen LogP contribution in [0.4, 0.5) is 0 Å². The Hall–Kier alpha value is -1.33. The molecule has 0 unspecified atom stereocenters. The van der Waals surface area contributed by atoms with Crippen molar-refractivity contribution in [1.29, 1.82) is 0 Å². The lowest BCUT2D eigenvalue weighted by Gasteiger charge is -2.18. The van der Waals surface area contributed by atoms with Crippen molar-refractivity contribution in [2.24, 2.45) is 0 Å². The number of hydrogen-bond acceptors (Lipinski definition) is 3. The molecule has 0 saturated heterocycles. The fourth-order valence-electron chi connectivity index (χ4n) is 1.94. The van der Waals surface area contributed by atoms with Crippen LogP contribution in [0.15, 0.2) is 52.1 Å². The number of aromatic nitrogens is 1. The molecule has 0 aliphatic heterocycles. The van der Waals surface area contributed by atoms with Crippen LogP contribution in [-0.2, 0) is 6.54 Å². The highest BCUT2D eigenvalue weighted by atomic mass is 79.9. The van der Waals surface area contributed by atoms with E-state index in [0.29, 0.717) is 12.1 Å². The molecule has 3 nitrogen and oxygen atoms in total. The van der Waals surface area contributed by atoms with Gasteiger partial charge in [0.1, 0.15) is 0 Å². The third-order valence-electron chi connectivity index (χ3n) is 2.99. The van der Waals surface area contributed by atoms with E-state index >= 15 is 0 Å². The number of benzene rings is 1. The summed E-state index contributed by atoms with van der Waals surface area (Å²) in [7, 11) is 1.81. The van der Waals surface area contributed by atoms with Gasteiger partial charge in [-0.3, -0.25) is 4.79 Å². The molecule has 1 amide bonds. The van der Waals surface area contributed by atoms with Crippen molar-refractivity contribution >= 4 is 33.6 Å². The Bertz CT molecular complexity index is 633. The molecule has 2 rings (SSSR count). The summed E-state index contributed by atoms with van der Waals surface area (Å²) in [6.45, 7) is 2.64. The normalized spacial score (nSPS) is 10.4. The van der Waals surface area contributed by atoms with Crippen molar-refractivity contribution in [2.45, 2.75) is 18.5 Å². The van der Waals surface area contributed by atoms with E-state index in [2.05, 4.69) is 27.8 Å². The molecule has 0 atom stereocenters. The highest BCUT2D eigenvalue weighted by Gasteiger charge is 2.14. The van der Waals surface area contributed by atoms with Crippen LogP contribution in [0.5, 0.6) is 0 Å². The van der Waals surface area contributed by atoms with Gasteiger partial charge in [-0.2, -0.15) is 0 Å². The zero-order valence-electron chi connectivity index (χ0n) is 12.0. The number of thioether (sulfide) groups is 1. The first kappa shape index (κ1) is 16.0. The zero-order chi connectivity index (χ0) is 15.2. The van der Waals surface area contributed by atoms with Gasteiger partial charge in [-0.05, 0) is 29.5 Å². The second kappa shape index (κ2) is 7.61. The monoisotopic (exact) mass is 364 g/mol. The molecular formula is C16H17BrN2OS. The van der Waals surface area contributed by atoms with Gasteiger partial charge < -0.3 is 4.90 Å². The number of carbonyl (C=O) groups excluding carboxylic acids is 1. The van der Waals surface area contributed by atoms with Gasteiger partial charge in [-0.15, -0.1) is 11.8 Å². The molecule has 2 aromatic rings. The number of carbonyl (C=O) groups is 1. The molecule has 0 spiro atoms. The molecule has 1 aromatic heterocycles. The van der Waals surface area contributed by atoms with E-state index < -0.39 is 0 Å². The van der Waals surface area contributed by atoms with Gasteiger partial charge in [0.25, 0.3) is 5.91 Å². The van der Waals surface area contributed by atoms with E-state index in [9.17, 15) is 4.79 Å². The first-order chi connectivity index (χ1) is 10.1. The Morgan fingerprint density at radius 1 is 1.33 bits per heavy atom. The fraction of sp³-hybridized carbons (Fsp3) is 0.250. The number of rotatable bonds is 5. The number of amides is 1. The topological polar surface area (TPSA) is 33.2 Å². The van der Waals surface area contributed by atoms with Gasteiger partial charge in [0, 0.05) is 29.8 Å². The van der Waals surface area contributed by atoms with Crippen LogP contribution < -0.4 is 0 Å². The molecular weight excluding hydrogens is 348 g/mol. The minimum atomic E-state index is 0.00565. The van der Waals surface area contributed by atoms with Gasteiger partial charge in [0.2, 0.25) is 0 Å². The maximum atomic E-state index is 12.5. The van der Waals surface area contributed by atoms with Crippen molar-refractivity contribution in [1.82, 2.24) is 9.88 Å². The van der Waals surface area contributed by atoms with Crippen molar-refractivity contribution in [3.8, 4) is 0 Å². The van der Waals surface area contributed by atoms with E-state index in [0.717, 1.165) is 20.8 Å². The van der Waals surface area contributed by atoms with Crippen molar-refractivity contribution in [3.63, 3.8) is 0 Å². The van der Waals surface area contributed by atoms with Crippen LogP contribution in [0, 0.1) is 0 Å². The molecule has 0 aliphatic carbocycles. The first-order valence-corrected chi connectivity index (χ1v) is 8.47. The number of pyridine rings is 1. The molecule has 0 radical (unpaired) electrons. The van der Waals surface area contributed by atoms with Crippen LogP contribution in [0.2, 0.25) is 0 Å². The Kier molecular flexibility index (Phi) is 5.82. The number of halogens is 1. The van der Waals surface area contributed by atoms with E-state index in [1.807, 2.05) is 37.4 Å². The lowest BCUT2D eigenvalue weighted by Crippen LogP contribution is -2.26. The van der Waals surface area contributed by atoms with Gasteiger partial charge >= 0.3 is 0 Å². The smallest absolute Gasteiger partial charge is 0.254 e. The molecule has 1 aromatic carbocycles. The van der Waals surface area contributed by atoms with Gasteiger partial charge in [0.05, 0.1) is 5.03 Å². The Labute approximate surface area is 137 Å². The minimum absolute atomic E-state index is 0.00565. The lowest BCUT2D eigenvalue weighted by molar-refractivity contribution is 0.0784. The summed E-state index contributed by atoms with van der Waals surface area (Å²) in [6.07, 6.45) is 1.69. The largest absolute Gasteiger partial charge is 0.337 e. The first-order valence-electron chi connectivity index (χ1n) is 6.69. The average molecular weight is 365 g/mol. The molecule has 0 saturated carbocycles. The highest BCUT2D eigenvalue weighted by molar-refractivity contribution is 9.10. The summed E-state index contributed by atoms with van der Waals surface area (Å²) in [5.41, 5.74) is 1.76. The van der Waals surface area contributed by atoms with Crippen LogP contribution in [0.1, 0.15) is 22.8 Å². The van der Waals surface area contributed by atoms with Crippen LogP contribution in [0.25, 0.3) is 0 Å². The molecule has 21 heavy (non-hydrogen) atoms. The van der Waals surface area contributed by atoms with Crippen LogP contribution >= 0.6 is 27.7 Å². The maximum Gasteiger partial charge on any atom is 0.254 e. The molecule has 0 fully saturated rings. The van der Waals surface area contributed by atoms with E-state index in [-0.39, 0.29) is 5.91 Å². The predicted molar refractivity (Wildman–Crippen MR) is 90.6 cm³/mol. The standard InChI is InChI=1S/C16H17BrN2OS/c1-3-21-15-10-12(8-9-18-15)16(20)19(2)11-13-6-4-5-7-14(13)17/h4-10H,3,11H2,1-2H3. The molecule has 0 bridgehead atoms. The van der Waals surface area contributed by atoms with Crippen LogP contribution in [-0.4, -0.2) is 28.6 Å². The second-order valence-corrected chi connectivity index (χ2v) is 6.71. The van der Waals surface area contributed by atoms with E-state index in [4.69, 9.17) is 0 Å². The lowest BCUT2D eigenvalue weighted by atomic mass is 10.2. The van der Waals surface area contributed by atoms with Gasteiger partial charge in [0.15, 0.2) is 0 Å². The van der Waals surface area contributed by atoms with Crippen molar-refractivity contribution < 1.29 is 4.79 Å². The average Bonchev–Trinajstić information content (AvgIpc) is 2.49. The van der Waals surface area contributed by atoms with Crippen molar-refractivity contribution in [2.75, 3.05) is 12.8 Å². The summed E-state index contributed by atoms with van der Waals surface area (Å²) >= 11 is 5.15. The summed E-state index contributed by atoms with van der Waals surface area (Å²) in [4.78, 5) is 18.5. The Morgan fingerprint density at radius 3 is 2.81 bits per heavy atom. The predicted octanol–water partition coefficient (Wildman–Crippen LogP) is 4.23. The van der Waals surface area contributed by atoms with E-state index in [1.54, 1.807) is 28.9 Å². The van der Waals surface area contributed by atoms with Gasteiger partial charge in [-0.1, -0.05) is 41.1 Å². The quantitative estimate of drug-likeness (QED) is 0.744. The molecule has 5 heteroatoms. The van der Waals surface area contributed by atoms with Gasteiger partial charge in [-0.25, -0.2) is 4.98 Å². The van der Waals surface area contributed by atoms with E-state index in [1.165, 1.54) is 0 Å². The fourth-order valence-corrected chi connectivity index (χ4v) is 3.00. The third kappa shape index (κ3) is 4.32. The molecule has 110 valence electrons. The zero-order valence-corrected chi connectivity index (χ0v) is 14.4. The summed E-state index contributed by atoms with van der Waals surface area (Å²) in [5.74, 6) is 0.948. The second-order valence-electron chi connectivity index (χ2n) is 4.57. The maximum absolute atomic E-state index is 12.5. The molecule has 1 heterocycles. The summed E-state index contributed by atoms with van der Waals surface area (Å²) < 4.78 is 1.02. The Morgan fingerprint density at radius 2 is 2.10 bits per heavy atom. The van der Waals surface area contributed by atoms with Crippen molar-refractivity contribution in [3.05, 3.63) is 58.2 Å². The Balaban J connectivity index is 2.12. The third-order valence-corrected chi connectivity index (χ3v) is 4.57. The molecule has 0 N–H and O–H groups in total. The summed E-state index contributed by atoms with van der Waals surface area (Å²) in [6, 6.07) is 11.5. The highest BCUT2D eigenvalue weighted by Crippen LogP contribution is 2.20. The number of hydrogen-bond donors (Lipinski definition) is 0. The molecule has 0 aliphatic rings.